The van der Waals surface area contributed by atoms with E-state index in [-0.39, 0.29) is 6.42 Å². The Morgan fingerprint density at radius 2 is 1.50 bits per heavy atom. The fraction of sp³-hybridized carbons (Fsp3) is 0.120. The first-order chi connectivity index (χ1) is 15.6. The summed E-state index contributed by atoms with van der Waals surface area (Å²) in [6.45, 7) is 7.39. The van der Waals surface area contributed by atoms with Gasteiger partial charge >= 0.3 is 5.97 Å². The maximum Gasteiger partial charge on any atom is 0.303 e. The van der Waals surface area contributed by atoms with E-state index in [0.29, 0.717) is 36.2 Å². The second kappa shape index (κ2) is 9.58. The number of carbonyl (C=O) groups is 1. The van der Waals surface area contributed by atoms with Crippen LogP contribution in [0.4, 0.5) is 5.69 Å². The van der Waals surface area contributed by atoms with Crippen molar-refractivity contribution in [3.63, 3.8) is 0 Å². The Morgan fingerprint density at radius 1 is 0.906 bits per heavy atom. The maximum absolute atomic E-state index is 10.5. The van der Waals surface area contributed by atoms with Gasteiger partial charge in [-0.3, -0.25) is 4.79 Å². The summed E-state index contributed by atoms with van der Waals surface area (Å²) in [5.74, 6) is 0.782. The van der Waals surface area contributed by atoms with Gasteiger partial charge in [0.2, 0.25) is 5.82 Å². The van der Waals surface area contributed by atoms with Gasteiger partial charge in [0.15, 0.2) is 5.69 Å². The van der Waals surface area contributed by atoms with Crippen molar-refractivity contribution in [3.05, 3.63) is 84.2 Å². The van der Waals surface area contributed by atoms with Crippen LogP contribution >= 0.6 is 0 Å². The second-order valence-corrected chi connectivity index (χ2v) is 7.03. The average Bonchev–Trinajstić information content (AvgIpc) is 3.33. The first-order valence-electron chi connectivity index (χ1n) is 9.99. The number of hydrogen-bond donors (Lipinski definition) is 1. The lowest BCUT2D eigenvalue weighted by Gasteiger charge is -2.07. The highest BCUT2D eigenvalue weighted by atomic mass is 16.5. The summed E-state index contributed by atoms with van der Waals surface area (Å²) in [7, 11) is 0. The van der Waals surface area contributed by atoms with Gasteiger partial charge in [0.25, 0.3) is 5.89 Å². The Balaban J connectivity index is 1.41. The van der Waals surface area contributed by atoms with E-state index in [0.717, 1.165) is 22.3 Å². The van der Waals surface area contributed by atoms with Gasteiger partial charge in [0.1, 0.15) is 5.75 Å². The predicted molar refractivity (Wildman–Crippen MR) is 119 cm³/mol. The largest absolute Gasteiger partial charge is 0.494 e. The molecule has 32 heavy (non-hydrogen) atoms. The average molecular weight is 425 g/mol. The molecule has 1 N–H and O–H groups in total. The highest BCUT2D eigenvalue weighted by Crippen LogP contribution is 2.27. The van der Waals surface area contributed by atoms with Gasteiger partial charge < -0.3 is 14.4 Å². The molecule has 0 fully saturated rings. The number of aliphatic carboxylic acids is 1. The molecule has 1 heterocycles. The Hall–Kier alpha value is -4.44. The minimum Gasteiger partial charge on any atom is -0.494 e. The van der Waals surface area contributed by atoms with Crippen LogP contribution in [-0.2, 0) is 4.79 Å². The van der Waals surface area contributed by atoms with Gasteiger partial charge in [-0.1, -0.05) is 65.8 Å². The van der Waals surface area contributed by atoms with E-state index in [9.17, 15) is 4.79 Å². The van der Waals surface area contributed by atoms with Crippen LogP contribution in [0.1, 0.15) is 12.8 Å². The quantitative estimate of drug-likeness (QED) is 0.281. The molecule has 158 valence electrons. The molecule has 7 heteroatoms. The SMILES string of the molecule is [C-]#[N+]c1ccc(-c2nc(-c3ccc(-c4ccc(OCCCC(=O)O)cc4)cc3)no2)cc1. The predicted octanol–water partition coefficient (Wildman–Crippen LogP) is 5.86. The van der Waals surface area contributed by atoms with Crippen LogP contribution in [0.3, 0.4) is 0 Å². The Labute approximate surface area is 184 Å². The molecular formula is C25H19N3O4. The van der Waals surface area contributed by atoms with E-state index < -0.39 is 5.97 Å². The van der Waals surface area contributed by atoms with Crippen LogP contribution in [0.25, 0.3) is 38.8 Å². The van der Waals surface area contributed by atoms with Gasteiger partial charge in [-0.05, 0) is 29.7 Å². The normalized spacial score (nSPS) is 10.5. The first kappa shape index (κ1) is 20.8. The van der Waals surface area contributed by atoms with Crippen molar-refractivity contribution in [3.8, 4) is 39.7 Å². The van der Waals surface area contributed by atoms with E-state index in [1.54, 1.807) is 24.3 Å². The molecule has 0 amide bonds. The topological polar surface area (TPSA) is 89.8 Å². The van der Waals surface area contributed by atoms with E-state index in [2.05, 4.69) is 15.0 Å². The highest BCUT2D eigenvalue weighted by molar-refractivity contribution is 5.69. The third kappa shape index (κ3) is 4.99. The lowest BCUT2D eigenvalue weighted by atomic mass is 10.0. The smallest absolute Gasteiger partial charge is 0.303 e. The highest BCUT2D eigenvalue weighted by Gasteiger charge is 2.11. The van der Waals surface area contributed by atoms with Gasteiger partial charge in [-0.25, -0.2) is 4.85 Å². The summed E-state index contributed by atoms with van der Waals surface area (Å²) >= 11 is 0. The molecule has 0 saturated heterocycles. The van der Waals surface area contributed by atoms with Crippen molar-refractivity contribution in [2.75, 3.05) is 6.61 Å². The van der Waals surface area contributed by atoms with Gasteiger partial charge in [0.05, 0.1) is 13.2 Å². The molecule has 0 atom stereocenters. The summed E-state index contributed by atoms with van der Waals surface area (Å²) in [4.78, 5) is 18.4. The number of benzene rings is 3. The number of carboxylic acid groups (broad SMARTS) is 1. The zero-order valence-corrected chi connectivity index (χ0v) is 17.1. The lowest BCUT2D eigenvalue weighted by Crippen LogP contribution is -2.01. The van der Waals surface area contributed by atoms with Crippen LogP contribution in [-0.4, -0.2) is 27.8 Å². The van der Waals surface area contributed by atoms with Crippen LogP contribution in [0.5, 0.6) is 5.75 Å². The maximum atomic E-state index is 10.5. The molecule has 0 radical (unpaired) electrons. The van der Waals surface area contributed by atoms with Crippen molar-refractivity contribution in [1.29, 1.82) is 0 Å². The van der Waals surface area contributed by atoms with Crippen LogP contribution in [0.2, 0.25) is 0 Å². The number of aromatic nitrogens is 2. The molecule has 0 aliphatic carbocycles. The molecule has 0 bridgehead atoms. The van der Waals surface area contributed by atoms with E-state index in [1.165, 1.54) is 0 Å². The van der Waals surface area contributed by atoms with Crippen molar-refractivity contribution >= 4 is 11.7 Å². The third-order valence-corrected chi connectivity index (χ3v) is 4.80. The Kier molecular flexibility index (Phi) is 6.23. The van der Waals surface area contributed by atoms with E-state index in [4.69, 9.17) is 20.9 Å². The summed E-state index contributed by atoms with van der Waals surface area (Å²) < 4.78 is 10.9. The molecule has 0 unspecified atom stereocenters. The number of rotatable bonds is 8. The van der Waals surface area contributed by atoms with Crippen molar-refractivity contribution in [2.45, 2.75) is 12.8 Å². The third-order valence-electron chi connectivity index (χ3n) is 4.80. The number of ether oxygens (including phenoxy) is 1. The summed E-state index contributed by atoms with van der Waals surface area (Å²) in [5, 5.41) is 12.7. The Bertz CT molecular complexity index is 1240. The molecule has 4 rings (SSSR count). The van der Waals surface area contributed by atoms with Gasteiger partial charge in [-0.2, -0.15) is 4.98 Å². The van der Waals surface area contributed by atoms with Crippen molar-refractivity contribution in [2.24, 2.45) is 0 Å². The zero-order chi connectivity index (χ0) is 22.3. The minimum absolute atomic E-state index is 0.0980. The fourth-order valence-corrected chi connectivity index (χ4v) is 3.11. The Morgan fingerprint density at radius 3 is 2.12 bits per heavy atom. The molecule has 0 spiro atoms. The van der Waals surface area contributed by atoms with Crippen LogP contribution in [0, 0.1) is 6.57 Å². The summed E-state index contributed by atoms with van der Waals surface area (Å²) in [6.07, 6.45) is 0.573. The van der Waals surface area contributed by atoms with E-state index >= 15 is 0 Å². The molecule has 7 nitrogen and oxygen atoms in total. The van der Waals surface area contributed by atoms with Gasteiger partial charge in [-0.15, -0.1) is 0 Å². The fourth-order valence-electron chi connectivity index (χ4n) is 3.11. The zero-order valence-electron chi connectivity index (χ0n) is 17.1. The van der Waals surface area contributed by atoms with Crippen LogP contribution in [0.15, 0.2) is 77.3 Å². The summed E-state index contributed by atoms with van der Waals surface area (Å²) in [5.41, 5.74) is 4.22. The number of carboxylic acids is 1. The number of hydrogen-bond acceptors (Lipinski definition) is 5. The molecule has 4 aromatic rings. The monoisotopic (exact) mass is 425 g/mol. The molecule has 0 saturated carbocycles. The lowest BCUT2D eigenvalue weighted by molar-refractivity contribution is -0.137. The summed E-state index contributed by atoms with van der Waals surface area (Å²) in [6, 6.07) is 22.5. The van der Waals surface area contributed by atoms with Gasteiger partial charge in [0, 0.05) is 17.5 Å². The molecular weight excluding hydrogens is 406 g/mol. The standard InChI is InChI=1S/C25H19N3O4/c1-26-21-12-8-20(9-13-21)25-27-24(28-32-25)19-6-4-17(5-7-19)18-10-14-22(15-11-18)31-16-2-3-23(29)30/h4-15H,2-3,16H2,(H,29,30). The van der Waals surface area contributed by atoms with Crippen LogP contribution < -0.4 is 4.74 Å². The van der Waals surface area contributed by atoms with Crippen molar-refractivity contribution < 1.29 is 19.2 Å². The molecule has 0 aliphatic heterocycles. The first-order valence-corrected chi connectivity index (χ1v) is 9.99. The minimum atomic E-state index is -0.820. The molecule has 1 aromatic heterocycles. The molecule has 0 aliphatic rings. The second-order valence-electron chi connectivity index (χ2n) is 7.03. The van der Waals surface area contributed by atoms with Crippen molar-refractivity contribution in [1.82, 2.24) is 10.1 Å². The number of nitrogens with zero attached hydrogens (tertiary/aromatic N) is 3. The molecule has 3 aromatic carbocycles. The van der Waals surface area contributed by atoms with E-state index in [1.807, 2.05) is 48.5 Å².